The summed E-state index contributed by atoms with van der Waals surface area (Å²) in [7, 11) is 1.88. The van der Waals surface area contributed by atoms with E-state index in [9.17, 15) is 0 Å². The van der Waals surface area contributed by atoms with E-state index in [1.807, 2.05) is 20.0 Å². The van der Waals surface area contributed by atoms with Crippen molar-refractivity contribution in [2.24, 2.45) is 7.05 Å². The summed E-state index contributed by atoms with van der Waals surface area (Å²) >= 11 is 0. The van der Waals surface area contributed by atoms with Gasteiger partial charge in [0.2, 0.25) is 0 Å². The van der Waals surface area contributed by atoms with Gasteiger partial charge in [-0.2, -0.15) is 0 Å². The lowest BCUT2D eigenvalue weighted by atomic mass is 10.1. The van der Waals surface area contributed by atoms with Crippen LogP contribution in [-0.2, 0) is 7.05 Å². The molecular weight excluding hydrogens is 204 g/mol. The zero-order valence-electron chi connectivity index (χ0n) is 9.77. The van der Waals surface area contributed by atoms with E-state index in [0.717, 1.165) is 23.6 Å². The Bertz CT molecular complexity index is 420. The van der Waals surface area contributed by atoms with Gasteiger partial charge in [-0.3, -0.25) is 4.68 Å². The summed E-state index contributed by atoms with van der Waals surface area (Å²) in [6.45, 7) is 4.96. The standard InChI is InChI=1S/C11H16N4O/c1-4-12-10(9-7-13-14-15(9)3)11-8(2)5-6-16-11/h5-7,10,12H,4H2,1-3H3. The third-order valence-electron chi connectivity index (χ3n) is 2.62. The summed E-state index contributed by atoms with van der Waals surface area (Å²) in [5.41, 5.74) is 2.13. The van der Waals surface area contributed by atoms with Gasteiger partial charge in [-0.1, -0.05) is 12.1 Å². The third-order valence-corrected chi connectivity index (χ3v) is 2.62. The maximum Gasteiger partial charge on any atom is 0.129 e. The molecule has 2 aromatic rings. The van der Waals surface area contributed by atoms with Gasteiger partial charge in [0, 0.05) is 7.05 Å². The summed E-state index contributed by atoms with van der Waals surface area (Å²) in [5, 5.41) is 11.2. The van der Waals surface area contributed by atoms with Crippen LogP contribution in [0.3, 0.4) is 0 Å². The van der Waals surface area contributed by atoms with E-state index in [1.165, 1.54) is 0 Å². The summed E-state index contributed by atoms with van der Waals surface area (Å²) in [5.74, 6) is 0.923. The topological polar surface area (TPSA) is 55.9 Å². The van der Waals surface area contributed by atoms with E-state index >= 15 is 0 Å². The first-order valence-electron chi connectivity index (χ1n) is 5.36. The fraction of sp³-hybridized carbons (Fsp3) is 0.455. The van der Waals surface area contributed by atoms with E-state index in [2.05, 4.69) is 22.6 Å². The van der Waals surface area contributed by atoms with Crippen LogP contribution in [0.25, 0.3) is 0 Å². The molecule has 0 spiro atoms. The van der Waals surface area contributed by atoms with Crippen LogP contribution in [0, 0.1) is 6.92 Å². The Balaban J connectivity index is 2.39. The monoisotopic (exact) mass is 220 g/mol. The summed E-state index contributed by atoms with van der Waals surface area (Å²) in [4.78, 5) is 0. The molecule has 0 amide bonds. The van der Waals surface area contributed by atoms with E-state index < -0.39 is 0 Å². The number of hydrogen-bond acceptors (Lipinski definition) is 4. The zero-order chi connectivity index (χ0) is 11.5. The van der Waals surface area contributed by atoms with E-state index in [-0.39, 0.29) is 6.04 Å². The Hall–Kier alpha value is -1.62. The Morgan fingerprint density at radius 3 is 2.88 bits per heavy atom. The summed E-state index contributed by atoms with van der Waals surface area (Å²) in [6, 6.07) is 1.98. The molecule has 0 radical (unpaired) electrons. The smallest absolute Gasteiger partial charge is 0.129 e. The van der Waals surface area contributed by atoms with Crippen molar-refractivity contribution in [3.05, 3.63) is 35.5 Å². The number of furan rings is 1. The van der Waals surface area contributed by atoms with Crippen LogP contribution in [0.2, 0.25) is 0 Å². The van der Waals surface area contributed by atoms with Gasteiger partial charge in [0.05, 0.1) is 18.2 Å². The molecule has 2 rings (SSSR count). The molecule has 0 saturated heterocycles. The molecule has 0 saturated carbocycles. The zero-order valence-corrected chi connectivity index (χ0v) is 9.77. The molecule has 1 unspecified atom stereocenters. The molecule has 2 aromatic heterocycles. The van der Waals surface area contributed by atoms with Gasteiger partial charge in [-0.25, -0.2) is 0 Å². The van der Waals surface area contributed by atoms with Gasteiger partial charge in [-0.15, -0.1) is 5.10 Å². The Morgan fingerprint density at radius 2 is 2.38 bits per heavy atom. The number of aromatic nitrogens is 3. The van der Waals surface area contributed by atoms with Crippen molar-refractivity contribution in [3.8, 4) is 0 Å². The molecule has 0 aliphatic heterocycles. The molecule has 2 heterocycles. The second-order valence-electron chi connectivity index (χ2n) is 3.74. The van der Waals surface area contributed by atoms with Crippen LogP contribution < -0.4 is 5.32 Å². The summed E-state index contributed by atoms with van der Waals surface area (Å²) in [6.07, 6.45) is 3.47. The van der Waals surface area contributed by atoms with Crippen LogP contribution in [0.4, 0.5) is 0 Å². The minimum atomic E-state index is 0.0139. The molecule has 0 bridgehead atoms. The Labute approximate surface area is 94.5 Å². The lowest BCUT2D eigenvalue weighted by molar-refractivity contribution is 0.435. The van der Waals surface area contributed by atoms with Gasteiger partial charge in [0.1, 0.15) is 11.8 Å². The van der Waals surface area contributed by atoms with Crippen LogP contribution in [0.5, 0.6) is 0 Å². The first kappa shape index (κ1) is 10.9. The fourth-order valence-corrected chi connectivity index (χ4v) is 1.77. The normalized spacial score (nSPS) is 12.9. The van der Waals surface area contributed by atoms with E-state index in [0.29, 0.717) is 0 Å². The van der Waals surface area contributed by atoms with Crippen molar-refractivity contribution >= 4 is 0 Å². The first-order chi connectivity index (χ1) is 7.74. The third kappa shape index (κ3) is 1.86. The number of nitrogens with zero attached hydrogens (tertiary/aromatic N) is 3. The minimum Gasteiger partial charge on any atom is -0.467 e. The van der Waals surface area contributed by atoms with Crippen LogP contribution >= 0.6 is 0 Å². The molecule has 5 nitrogen and oxygen atoms in total. The lowest BCUT2D eigenvalue weighted by Crippen LogP contribution is -2.24. The van der Waals surface area contributed by atoms with Gasteiger partial charge in [-0.05, 0) is 25.1 Å². The SMILES string of the molecule is CCNC(c1occc1C)c1cnnn1C. The van der Waals surface area contributed by atoms with E-state index in [1.54, 1.807) is 17.1 Å². The lowest BCUT2D eigenvalue weighted by Gasteiger charge is -2.16. The fourth-order valence-electron chi connectivity index (χ4n) is 1.77. The first-order valence-corrected chi connectivity index (χ1v) is 5.36. The summed E-state index contributed by atoms with van der Waals surface area (Å²) < 4.78 is 7.29. The molecule has 5 heteroatoms. The highest BCUT2D eigenvalue weighted by molar-refractivity contribution is 5.25. The van der Waals surface area contributed by atoms with Crippen molar-refractivity contribution in [1.29, 1.82) is 0 Å². The second-order valence-corrected chi connectivity index (χ2v) is 3.74. The van der Waals surface area contributed by atoms with Gasteiger partial charge >= 0.3 is 0 Å². The van der Waals surface area contributed by atoms with Gasteiger partial charge in [0.25, 0.3) is 0 Å². The average Bonchev–Trinajstić information content (AvgIpc) is 2.84. The maximum atomic E-state index is 5.53. The average molecular weight is 220 g/mol. The van der Waals surface area contributed by atoms with Gasteiger partial charge < -0.3 is 9.73 Å². The Morgan fingerprint density at radius 1 is 1.56 bits per heavy atom. The van der Waals surface area contributed by atoms with Gasteiger partial charge in [0.15, 0.2) is 0 Å². The van der Waals surface area contributed by atoms with Crippen LogP contribution in [0.1, 0.15) is 30.0 Å². The molecule has 86 valence electrons. The molecule has 1 atom stereocenters. The molecule has 1 N–H and O–H groups in total. The van der Waals surface area contributed by atoms with E-state index in [4.69, 9.17) is 4.42 Å². The number of aryl methyl sites for hydroxylation is 2. The molecule has 16 heavy (non-hydrogen) atoms. The van der Waals surface area contributed by atoms with Crippen molar-refractivity contribution in [2.75, 3.05) is 6.54 Å². The maximum absolute atomic E-state index is 5.53. The number of rotatable bonds is 4. The highest BCUT2D eigenvalue weighted by Crippen LogP contribution is 2.24. The highest BCUT2D eigenvalue weighted by Gasteiger charge is 2.21. The minimum absolute atomic E-state index is 0.0139. The highest BCUT2D eigenvalue weighted by atomic mass is 16.3. The number of nitrogens with one attached hydrogen (secondary N) is 1. The largest absolute Gasteiger partial charge is 0.467 e. The Kier molecular flexibility index (Phi) is 3.05. The molecule has 0 aliphatic rings. The molecular formula is C11H16N4O. The molecule has 0 fully saturated rings. The van der Waals surface area contributed by atoms with Crippen molar-refractivity contribution in [3.63, 3.8) is 0 Å². The van der Waals surface area contributed by atoms with Crippen molar-refractivity contribution < 1.29 is 4.42 Å². The predicted octanol–water partition coefficient (Wildman–Crippen LogP) is 1.42. The van der Waals surface area contributed by atoms with Crippen LogP contribution in [-0.4, -0.2) is 21.5 Å². The van der Waals surface area contributed by atoms with Crippen molar-refractivity contribution in [2.45, 2.75) is 19.9 Å². The van der Waals surface area contributed by atoms with Crippen molar-refractivity contribution in [1.82, 2.24) is 20.3 Å². The molecule has 0 aromatic carbocycles. The second kappa shape index (κ2) is 4.49. The molecule has 0 aliphatic carbocycles. The van der Waals surface area contributed by atoms with Crippen LogP contribution in [0.15, 0.2) is 22.9 Å². The quantitative estimate of drug-likeness (QED) is 0.846. The predicted molar refractivity (Wildman–Crippen MR) is 60.0 cm³/mol. The number of hydrogen-bond donors (Lipinski definition) is 1.